The number of hydrazone groups is 1. The van der Waals surface area contributed by atoms with Crippen molar-refractivity contribution in [2.75, 3.05) is 12.0 Å². The van der Waals surface area contributed by atoms with Crippen LogP contribution in [-0.4, -0.2) is 17.8 Å². The highest BCUT2D eigenvalue weighted by Gasteiger charge is 2.03. The average Bonchev–Trinajstić information content (AvgIpc) is 2.88. The maximum Gasteiger partial charge on any atom is 0.203 e. The number of allylic oxidation sites excluding steroid dienone is 1. The summed E-state index contributed by atoms with van der Waals surface area (Å²) in [4.78, 5) is 4.29. The van der Waals surface area contributed by atoms with E-state index in [4.69, 9.17) is 4.74 Å². The minimum absolute atomic E-state index is 0.655. The van der Waals surface area contributed by atoms with Crippen molar-refractivity contribution in [1.82, 2.24) is 4.98 Å². The number of hydrogen-bond acceptors (Lipinski definition) is 5. The Hall–Kier alpha value is -2.14. The highest BCUT2D eigenvalue weighted by atomic mass is 32.1. The summed E-state index contributed by atoms with van der Waals surface area (Å²) in [6, 6.07) is 6.01. The largest absolute Gasteiger partial charge is 0.494 e. The lowest BCUT2D eigenvalue weighted by molar-refractivity contribution is 0.337. The van der Waals surface area contributed by atoms with Crippen molar-refractivity contribution in [2.24, 2.45) is 5.10 Å². The molecule has 0 amide bonds. The number of thiazole rings is 1. The highest BCUT2D eigenvalue weighted by molar-refractivity contribution is 7.13. The normalized spacial score (nSPS) is 10.8. The standard InChI is InChI=1S/C16H19N3OS/c1-4-6-14-9-13(7-8-15(14)20-5-2)10-17-19-16-18-12(3)11-21-16/h4,7-11H,1,5-6H2,2-3H3,(H,18,19). The van der Waals surface area contributed by atoms with E-state index in [9.17, 15) is 0 Å². The van der Waals surface area contributed by atoms with Crippen LogP contribution in [0.25, 0.3) is 0 Å². The van der Waals surface area contributed by atoms with Gasteiger partial charge in [0.25, 0.3) is 0 Å². The summed E-state index contributed by atoms with van der Waals surface area (Å²) in [6.45, 7) is 8.37. The van der Waals surface area contributed by atoms with E-state index < -0.39 is 0 Å². The van der Waals surface area contributed by atoms with Gasteiger partial charge in [-0.25, -0.2) is 4.98 Å². The van der Waals surface area contributed by atoms with Crippen LogP contribution in [-0.2, 0) is 6.42 Å². The second-order valence-corrected chi connectivity index (χ2v) is 5.32. The van der Waals surface area contributed by atoms with Crippen molar-refractivity contribution in [3.05, 3.63) is 53.1 Å². The molecular weight excluding hydrogens is 282 g/mol. The molecule has 0 aliphatic heterocycles. The number of ether oxygens (including phenoxy) is 1. The Morgan fingerprint density at radius 3 is 3.00 bits per heavy atom. The van der Waals surface area contributed by atoms with Gasteiger partial charge in [0.05, 0.1) is 18.5 Å². The van der Waals surface area contributed by atoms with Gasteiger partial charge in [0.15, 0.2) is 0 Å². The monoisotopic (exact) mass is 301 g/mol. The van der Waals surface area contributed by atoms with Crippen molar-refractivity contribution < 1.29 is 4.74 Å². The zero-order valence-electron chi connectivity index (χ0n) is 12.3. The fraction of sp³-hybridized carbons (Fsp3) is 0.250. The van der Waals surface area contributed by atoms with Gasteiger partial charge in [-0.2, -0.15) is 5.10 Å². The molecule has 5 heteroatoms. The van der Waals surface area contributed by atoms with Crippen LogP contribution in [0.3, 0.4) is 0 Å². The lowest BCUT2D eigenvalue weighted by atomic mass is 10.1. The Balaban J connectivity index is 2.08. The summed E-state index contributed by atoms with van der Waals surface area (Å²) in [5, 5.41) is 6.98. The van der Waals surface area contributed by atoms with Gasteiger partial charge in [-0.05, 0) is 49.6 Å². The van der Waals surface area contributed by atoms with E-state index in [1.165, 1.54) is 11.3 Å². The molecule has 0 radical (unpaired) electrons. The van der Waals surface area contributed by atoms with Crippen molar-refractivity contribution in [3.63, 3.8) is 0 Å². The molecule has 1 aromatic heterocycles. The Labute approximate surface area is 129 Å². The van der Waals surface area contributed by atoms with Crippen LogP contribution in [0.1, 0.15) is 23.7 Å². The zero-order chi connectivity index (χ0) is 15.1. The number of rotatable bonds is 7. The number of aromatic nitrogens is 1. The van der Waals surface area contributed by atoms with E-state index in [2.05, 4.69) is 28.2 Å². The van der Waals surface area contributed by atoms with Gasteiger partial charge < -0.3 is 4.74 Å². The summed E-state index contributed by atoms with van der Waals surface area (Å²) >= 11 is 1.54. The van der Waals surface area contributed by atoms with Crippen LogP contribution in [0.5, 0.6) is 5.75 Å². The first-order valence-corrected chi connectivity index (χ1v) is 7.68. The maximum atomic E-state index is 5.60. The first-order valence-electron chi connectivity index (χ1n) is 6.80. The molecule has 1 N–H and O–H groups in total. The molecule has 0 fully saturated rings. The summed E-state index contributed by atoms with van der Waals surface area (Å²) in [5.74, 6) is 0.901. The van der Waals surface area contributed by atoms with Crippen LogP contribution in [0.15, 0.2) is 41.3 Å². The number of nitrogens with one attached hydrogen (secondary N) is 1. The molecule has 0 atom stereocenters. The van der Waals surface area contributed by atoms with Gasteiger partial charge in [0.1, 0.15) is 5.75 Å². The molecule has 1 aromatic carbocycles. The predicted octanol–water partition coefficient (Wildman–Crippen LogP) is 4.02. The molecule has 0 unspecified atom stereocenters. The Bertz CT molecular complexity index is 634. The molecule has 0 aliphatic carbocycles. The van der Waals surface area contributed by atoms with Gasteiger partial charge in [0, 0.05) is 5.38 Å². The van der Waals surface area contributed by atoms with Crippen molar-refractivity contribution >= 4 is 22.7 Å². The molecule has 2 rings (SSSR count). The fourth-order valence-corrected chi connectivity index (χ4v) is 2.50. The van der Waals surface area contributed by atoms with Crippen LogP contribution >= 0.6 is 11.3 Å². The highest BCUT2D eigenvalue weighted by Crippen LogP contribution is 2.21. The summed E-state index contributed by atoms with van der Waals surface area (Å²) < 4.78 is 5.60. The number of aryl methyl sites for hydroxylation is 1. The molecule has 4 nitrogen and oxygen atoms in total. The molecule has 0 spiro atoms. The van der Waals surface area contributed by atoms with Crippen LogP contribution in [0.2, 0.25) is 0 Å². The molecule has 0 saturated heterocycles. The van der Waals surface area contributed by atoms with Gasteiger partial charge in [-0.1, -0.05) is 6.08 Å². The molecule has 2 aromatic rings. The van der Waals surface area contributed by atoms with Crippen LogP contribution in [0, 0.1) is 6.92 Å². The molecule has 0 saturated carbocycles. The SMILES string of the molecule is C=CCc1cc(C=NNc2nc(C)cs2)ccc1OCC. The second-order valence-electron chi connectivity index (χ2n) is 4.46. The predicted molar refractivity (Wildman–Crippen MR) is 89.6 cm³/mol. The van der Waals surface area contributed by atoms with Gasteiger partial charge in [-0.15, -0.1) is 17.9 Å². The Morgan fingerprint density at radius 2 is 2.33 bits per heavy atom. The van der Waals surface area contributed by atoms with Crippen LogP contribution in [0.4, 0.5) is 5.13 Å². The van der Waals surface area contributed by atoms with E-state index in [1.54, 1.807) is 6.21 Å². The minimum Gasteiger partial charge on any atom is -0.494 e. The van der Waals surface area contributed by atoms with E-state index in [-0.39, 0.29) is 0 Å². The number of nitrogens with zero attached hydrogens (tertiary/aromatic N) is 2. The second kappa shape index (κ2) is 7.59. The van der Waals surface area contributed by atoms with E-state index in [0.29, 0.717) is 6.61 Å². The third kappa shape index (κ3) is 4.43. The third-order valence-electron chi connectivity index (χ3n) is 2.74. The van der Waals surface area contributed by atoms with Crippen molar-refractivity contribution in [2.45, 2.75) is 20.3 Å². The van der Waals surface area contributed by atoms with Gasteiger partial charge in [-0.3, -0.25) is 5.43 Å². The molecule has 21 heavy (non-hydrogen) atoms. The fourth-order valence-electron chi connectivity index (χ4n) is 1.86. The van der Waals surface area contributed by atoms with Gasteiger partial charge >= 0.3 is 0 Å². The lowest BCUT2D eigenvalue weighted by Gasteiger charge is -2.09. The number of anilines is 1. The van der Waals surface area contributed by atoms with Crippen LogP contribution < -0.4 is 10.2 Å². The lowest BCUT2D eigenvalue weighted by Crippen LogP contribution is -1.98. The molecular formula is C16H19N3OS. The quantitative estimate of drug-likeness (QED) is 0.477. The van der Waals surface area contributed by atoms with E-state index in [0.717, 1.165) is 34.1 Å². The molecule has 110 valence electrons. The number of hydrogen-bond donors (Lipinski definition) is 1. The molecule has 0 aliphatic rings. The topological polar surface area (TPSA) is 46.5 Å². The maximum absolute atomic E-state index is 5.60. The first kappa shape index (κ1) is 15.3. The van der Waals surface area contributed by atoms with Gasteiger partial charge in [0.2, 0.25) is 5.13 Å². The third-order valence-corrected chi connectivity index (χ3v) is 3.61. The van der Waals surface area contributed by atoms with E-state index in [1.807, 2.05) is 37.4 Å². The minimum atomic E-state index is 0.655. The zero-order valence-corrected chi connectivity index (χ0v) is 13.1. The summed E-state index contributed by atoms with van der Waals surface area (Å²) in [5.41, 5.74) is 6.05. The average molecular weight is 301 g/mol. The Morgan fingerprint density at radius 1 is 1.48 bits per heavy atom. The summed E-state index contributed by atoms with van der Waals surface area (Å²) in [7, 11) is 0. The smallest absolute Gasteiger partial charge is 0.203 e. The van der Waals surface area contributed by atoms with Crippen molar-refractivity contribution in [1.29, 1.82) is 0 Å². The molecule has 0 bridgehead atoms. The summed E-state index contributed by atoms with van der Waals surface area (Å²) in [6.07, 6.45) is 4.42. The first-order chi connectivity index (χ1) is 10.2. The molecule has 1 heterocycles. The van der Waals surface area contributed by atoms with E-state index >= 15 is 0 Å². The Kier molecular flexibility index (Phi) is 5.51. The number of benzene rings is 1. The van der Waals surface area contributed by atoms with Crippen molar-refractivity contribution in [3.8, 4) is 5.75 Å².